The Morgan fingerprint density at radius 1 is 1.24 bits per heavy atom. The van der Waals surface area contributed by atoms with Gasteiger partial charge in [-0.05, 0) is 25.0 Å². The van der Waals surface area contributed by atoms with Crippen molar-refractivity contribution in [3.05, 3.63) is 30.3 Å². The van der Waals surface area contributed by atoms with Gasteiger partial charge in [0, 0.05) is 17.5 Å². The van der Waals surface area contributed by atoms with Crippen molar-refractivity contribution >= 4 is 23.4 Å². The van der Waals surface area contributed by atoms with Gasteiger partial charge in [0.15, 0.2) is 0 Å². The van der Waals surface area contributed by atoms with Gasteiger partial charge in [0.05, 0.1) is 18.2 Å². The lowest BCUT2D eigenvalue weighted by molar-refractivity contribution is -0.116. The molecule has 1 aliphatic carbocycles. The van der Waals surface area contributed by atoms with Crippen LogP contribution in [0.3, 0.4) is 0 Å². The topological polar surface area (TPSA) is 44.1 Å². The number of amides is 1. The van der Waals surface area contributed by atoms with Crippen LogP contribution in [0.15, 0.2) is 30.3 Å². The number of nitrogens with zero attached hydrogens (tertiary/aromatic N) is 2. The molecule has 2 rings (SSSR count). The molecule has 0 atom stereocenters. The number of carbonyl (C=O) groups excluding carboxylic acids is 1. The van der Waals surface area contributed by atoms with E-state index in [2.05, 4.69) is 6.07 Å². The van der Waals surface area contributed by atoms with E-state index in [1.54, 1.807) is 16.7 Å². The van der Waals surface area contributed by atoms with Crippen molar-refractivity contribution in [2.75, 3.05) is 17.2 Å². The number of anilines is 1. The highest BCUT2D eigenvalue weighted by Crippen LogP contribution is 2.28. The molecule has 0 N–H and O–H groups in total. The van der Waals surface area contributed by atoms with Gasteiger partial charge in [-0.1, -0.05) is 37.5 Å². The van der Waals surface area contributed by atoms with E-state index in [-0.39, 0.29) is 5.91 Å². The summed E-state index contributed by atoms with van der Waals surface area (Å²) in [5, 5.41) is 9.42. The summed E-state index contributed by atoms with van der Waals surface area (Å²) in [6.07, 6.45) is 6.77. The molecular weight excluding hydrogens is 280 g/mol. The van der Waals surface area contributed by atoms with Crippen molar-refractivity contribution < 1.29 is 4.79 Å². The van der Waals surface area contributed by atoms with E-state index in [0.717, 1.165) is 5.69 Å². The van der Waals surface area contributed by atoms with Crippen LogP contribution in [0.5, 0.6) is 0 Å². The van der Waals surface area contributed by atoms with Crippen molar-refractivity contribution in [2.45, 2.75) is 43.8 Å². The third kappa shape index (κ3) is 5.09. The smallest absolute Gasteiger partial charge is 0.237 e. The maximum atomic E-state index is 12.5. The van der Waals surface area contributed by atoms with Crippen LogP contribution < -0.4 is 4.90 Å². The second-order valence-corrected chi connectivity index (χ2v) is 6.65. The summed E-state index contributed by atoms with van der Waals surface area (Å²) in [6, 6.07) is 11.8. The normalized spacial score (nSPS) is 15.4. The monoisotopic (exact) mass is 302 g/mol. The molecule has 1 aliphatic rings. The highest BCUT2D eigenvalue weighted by Gasteiger charge is 2.19. The molecule has 1 amide bonds. The number of hydrogen-bond acceptors (Lipinski definition) is 3. The van der Waals surface area contributed by atoms with Crippen molar-refractivity contribution in [1.29, 1.82) is 5.26 Å². The third-order valence-electron chi connectivity index (χ3n) is 3.81. The fraction of sp³-hybridized carbons (Fsp3) is 0.529. The molecule has 0 radical (unpaired) electrons. The van der Waals surface area contributed by atoms with Gasteiger partial charge < -0.3 is 4.90 Å². The molecule has 1 fully saturated rings. The standard InChI is InChI=1S/C17H22N2OS/c18-12-7-13-19(15-8-3-1-4-9-15)17(20)14-21-16-10-5-2-6-11-16/h1,3-4,8-9,16H,2,5-7,10-11,13-14H2. The van der Waals surface area contributed by atoms with Crippen LogP contribution in [0.25, 0.3) is 0 Å². The van der Waals surface area contributed by atoms with Crippen LogP contribution in [0, 0.1) is 11.3 Å². The van der Waals surface area contributed by atoms with Gasteiger partial charge in [-0.2, -0.15) is 5.26 Å². The molecule has 21 heavy (non-hydrogen) atoms. The van der Waals surface area contributed by atoms with E-state index in [0.29, 0.717) is 24.0 Å². The van der Waals surface area contributed by atoms with E-state index in [4.69, 9.17) is 5.26 Å². The summed E-state index contributed by atoms with van der Waals surface area (Å²) < 4.78 is 0. The van der Waals surface area contributed by atoms with Gasteiger partial charge in [0.1, 0.15) is 0 Å². The zero-order valence-corrected chi connectivity index (χ0v) is 13.1. The minimum absolute atomic E-state index is 0.118. The third-order valence-corrected chi connectivity index (χ3v) is 5.17. The molecule has 1 aromatic rings. The van der Waals surface area contributed by atoms with Crippen molar-refractivity contribution in [3.8, 4) is 6.07 Å². The van der Waals surface area contributed by atoms with Gasteiger partial charge in [-0.25, -0.2) is 0 Å². The molecule has 0 bridgehead atoms. The molecule has 1 aromatic carbocycles. The zero-order valence-electron chi connectivity index (χ0n) is 12.3. The number of thioether (sulfide) groups is 1. The Labute approximate surface area is 131 Å². The fourth-order valence-electron chi connectivity index (χ4n) is 2.67. The van der Waals surface area contributed by atoms with Gasteiger partial charge in [0.2, 0.25) is 5.91 Å². The Hall–Kier alpha value is -1.47. The van der Waals surface area contributed by atoms with Gasteiger partial charge in [-0.3, -0.25) is 4.79 Å². The van der Waals surface area contributed by atoms with E-state index in [9.17, 15) is 4.79 Å². The maximum Gasteiger partial charge on any atom is 0.237 e. The largest absolute Gasteiger partial charge is 0.311 e. The fourth-order valence-corrected chi connectivity index (χ4v) is 3.87. The Bertz CT molecular complexity index is 477. The minimum atomic E-state index is 0.118. The van der Waals surface area contributed by atoms with Crippen LogP contribution in [0.2, 0.25) is 0 Å². The SMILES string of the molecule is N#CCCN(C(=O)CSC1CCCCC1)c1ccccc1. The van der Waals surface area contributed by atoms with Gasteiger partial charge in [0.25, 0.3) is 0 Å². The number of carbonyl (C=O) groups is 1. The molecule has 4 heteroatoms. The van der Waals surface area contributed by atoms with Crippen LogP contribution >= 0.6 is 11.8 Å². The lowest BCUT2D eigenvalue weighted by Crippen LogP contribution is -2.33. The molecule has 0 unspecified atom stereocenters. The van der Waals surface area contributed by atoms with Crippen molar-refractivity contribution in [2.24, 2.45) is 0 Å². The minimum Gasteiger partial charge on any atom is -0.311 e. The van der Waals surface area contributed by atoms with Crippen LogP contribution in [0.4, 0.5) is 5.69 Å². The number of hydrogen-bond donors (Lipinski definition) is 0. The van der Waals surface area contributed by atoms with Gasteiger partial charge >= 0.3 is 0 Å². The summed E-state index contributed by atoms with van der Waals surface area (Å²) in [4.78, 5) is 14.2. The Kier molecular flexibility index (Phi) is 6.62. The molecular formula is C17H22N2OS. The summed E-state index contributed by atoms with van der Waals surface area (Å²) in [5.74, 6) is 0.636. The van der Waals surface area contributed by atoms with Crippen LogP contribution in [0.1, 0.15) is 38.5 Å². The number of benzene rings is 1. The predicted octanol–water partition coefficient (Wildman–Crippen LogP) is 4.00. The van der Waals surface area contributed by atoms with E-state index >= 15 is 0 Å². The Morgan fingerprint density at radius 3 is 2.62 bits per heavy atom. The lowest BCUT2D eigenvalue weighted by Gasteiger charge is -2.24. The number of nitriles is 1. The predicted molar refractivity (Wildman–Crippen MR) is 88.4 cm³/mol. The summed E-state index contributed by atoms with van der Waals surface area (Å²) in [5.41, 5.74) is 0.891. The van der Waals surface area contributed by atoms with Crippen LogP contribution in [-0.4, -0.2) is 23.5 Å². The molecule has 0 saturated heterocycles. The number of rotatable bonds is 6. The average Bonchev–Trinajstić information content (AvgIpc) is 2.55. The molecule has 1 saturated carbocycles. The zero-order chi connectivity index (χ0) is 14.9. The summed E-state index contributed by atoms with van der Waals surface area (Å²) in [6.45, 7) is 0.477. The first-order valence-electron chi connectivity index (χ1n) is 7.65. The summed E-state index contributed by atoms with van der Waals surface area (Å²) in [7, 11) is 0. The highest BCUT2D eigenvalue weighted by molar-refractivity contribution is 8.00. The van der Waals surface area contributed by atoms with E-state index in [1.807, 2.05) is 30.3 Å². The average molecular weight is 302 g/mol. The molecule has 112 valence electrons. The molecule has 0 spiro atoms. The second kappa shape index (κ2) is 8.74. The van der Waals surface area contributed by atoms with Crippen molar-refractivity contribution in [1.82, 2.24) is 0 Å². The molecule has 0 aromatic heterocycles. The lowest BCUT2D eigenvalue weighted by atomic mass is 10.0. The molecule has 0 aliphatic heterocycles. The quantitative estimate of drug-likeness (QED) is 0.798. The Balaban J connectivity index is 1.92. The second-order valence-electron chi connectivity index (χ2n) is 5.36. The first-order chi connectivity index (χ1) is 10.3. The molecule has 0 heterocycles. The Morgan fingerprint density at radius 2 is 1.95 bits per heavy atom. The van der Waals surface area contributed by atoms with Gasteiger partial charge in [-0.15, -0.1) is 11.8 Å². The number of para-hydroxylation sites is 1. The first-order valence-corrected chi connectivity index (χ1v) is 8.70. The summed E-state index contributed by atoms with van der Waals surface area (Å²) >= 11 is 1.79. The molecule has 3 nitrogen and oxygen atoms in total. The maximum absolute atomic E-state index is 12.5. The van der Waals surface area contributed by atoms with Crippen molar-refractivity contribution in [3.63, 3.8) is 0 Å². The highest BCUT2D eigenvalue weighted by atomic mass is 32.2. The van der Waals surface area contributed by atoms with E-state index < -0.39 is 0 Å². The first kappa shape index (κ1) is 15.9. The van der Waals surface area contributed by atoms with Crippen LogP contribution in [-0.2, 0) is 4.79 Å². The van der Waals surface area contributed by atoms with E-state index in [1.165, 1.54) is 32.1 Å².